The minimum atomic E-state index is 0.737. The summed E-state index contributed by atoms with van der Waals surface area (Å²) in [5.41, 5.74) is 11.2. The van der Waals surface area contributed by atoms with Gasteiger partial charge in [0, 0.05) is 16.6 Å². The van der Waals surface area contributed by atoms with Crippen LogP contribution in [-0.2, 0) is 6.42 Å². The molecule has 3 rings (SSSR count). The van der Waals surface area contributed by atoms with Crippen molar-refractivity contribution in [2.75, 3.05) is 6.54 Å². The fraction of sp³-hybridized carbons (Fsp3) is 0.429. The van der Waals surface area contributed by atoms with Gasteiger partial charge >= 0.3 is 0 Å². The molecule has 0 bridgehead atoms. The molecule has 2 nitrogen and oxygen atoms in total. The number of rotatable bonds is 3. The molecule has 84 valence electrons. The Bertz CT molecular complexity index is 521. The Morgan fingerprint density at radius 1 is 1.38 bits per heavy atom. The second-order valence-corrected chi connectivity index (χ2v) is 4.88. The van der Waals surface area contributed by atoms with Crippen molar-refractivity contribution in [1.29, 1.82) is 0 Å². The normalized spacial score (nSPS) is 15.9. The monoisotopic (exact) mass is 214 g/mol. The van der Waals surface area contributed by atoms with Gasteiger partial charge in [-0.1, -0.05) is 12.1 Å². The molecule has 1 saturated carbocycles. The minimum Gasteiger partial charge on any atom is -0.358 e. The molecule has 1 aromatic carbocycles. The first kappa shape index (κ1) is 9.91. The van der Waals surface area contributed by atoms with Crippen molar-refractivity contribution in [2.45, 2.75) is 32.1 Å². The summed E-state index contributed by atoms with van der Waals surface area (Å²) >= 11 is 0. The largest absolute Gasteiger partial charge is 0.358 e. The number of hydrogen-bond acceptors (Lipinski definition) is 1. The molecule has 16 heavy (non-hydrogen) atoms. The van der Waals surface area contributed by atoms with Crippen LogP contribution >= 0.6 is 0 Å². The van der Waals surface area contributed by atoms with E-state index in [0.29, 0.717) is 0 Å². The third-order valence-electron chi connectivity index (χ3n) is 3.47. The van der Waals surface area contributed by atoms with E-state index >= 15 is 0 Å². The number of aromatic amines is 1. The maximum absolute atomic E-state index is 5.72. The predicted octanol–water partition coefficient (Wildman–Crippen LogP) is 2.85. The molecule has 0 aliphatic heterocycles. The van der Waals surface area contributed by atoms with Crippen LogP contribution in [-0.4, -0.2) is 11.5 Å². The molecule has 0 unspecified atom stereocenters. The molecule has 0 saturated heterocycles. The van der Waals surface area contributed by atoms with Crippen LogP contribution in [0.5, 0.6) is 0 Å². The van der Waals surface area contributed by atoms with Crippen LogP contribution in [0.4, 0.5) is 0 Å². The fourth-order valence-corrected chi connectivity index (χ4v) is 2.52. The number of fused-ring (bicyclic) bond motifs is 1. The van der Waals surface area contributed by atoms with Crippen molar-refractivity contribution in [3.05, 3.63) is 35.0 Å². The van der Waals surface area contributed by atoms with E-state index < -0.39 is 0 Å². The number of aryl methyl sites for hydroxylation is 1. The van der Waals surface area contributed by atoms with Crippen LogP contribution in [0.2, 0.25) is 0 Å². The minimum absolute atomic E-state index is 0.737. The summed E-state index contributed by atoms with van der Waals surface area (Å²) in [7, 11) is 0. The van der Waals surface area contributed by atoms with E-state index in [2.05, 4.69) is 30.1 Å². The number of benzene rings is 1. The van der Waals surface area contributed by atoms with Gasteiger partial charge in [-0.25, -0.2) is 0 Å². The van der Waals surface area contributed by atoms with E-state index in [-0.39, 0.29) is 0 Å². The molecule has 0 radical (unpaired) electrons. The third-order valence-corrected chi connectivity index (χ3v) is 3.47. The lowest BCUT2D eigenvalue weighted by Gasteiger charge is -2.01. The first-order chi connectivity index (χ1) is 7.79. The number of hydrogen-bond donors (Lipinski definition) is 2. The average Bonchev–Trinajstić information content (AvgIpc) is 3.04. The lowest BCUT2D eigenvalue weighted by Crippen LogP contribution is -2.04. The van der Waals surface area contributed by atoms with Gasteiger partial charge in [-0.05, 0) is 55.8 Å². The van der Waals surface area contributed by atoms with Gasteiger partial charge in [-0.2, -0.15) is 0 Å². The molecule has 0 spiro atoms. The van der Waals surface area contributed by atoms with Gasteiger partial charge in [0.25, 0.3) is 0 Å². The number of nitrogens with one attached hydrogen (secondary N) is 1. The first-order valence-electron chi connectivity index (χ1n) is 6.11. The van der Waals surface area contributed by atoms with Gasteiger partial charge < -0.3 is 10.7 Å². The van der Waals surface area contributed by atoms with Gasteiger partial charge in [0.2, 0.25) is 0 Å². The zero-order chi connectivity index (χ0) is 11.1. The smallest absolute Gasteiger partial charge is 0.0461 e. The van der Waals surface area contributed by atoms with E-state index in [1.807, 2.05) is 0 Å². The highest BCUT2D eigenvalue weighted by Gasteiger charge is 2.28. The molecule has 2 aromatic rings. The Morgan fingerprint density at radius 2 is 2.19 bits per heavy atom. The van der Waals surface area contributed by atoms with E-state index in [0.717, 1.165) is 18.9 Å². The van der Waals surface area contributed by atoms with Crippen molar-refractivity contribution in [3.8, 4) is 0 Å². The van der Waals surface area contributed by atoms with E-state index in [9.17, 15) is 0 Å². The number of aromatic nitrogens is 1. The molecular weight excluding hydrogens is 196 g/mol. The van der Waals surface area contributed by atoms with Crippen LogP contribution in [0.3, 0.4) is 0 Å². The quantitative estimate of drug-likeness (QED) is 0.810. The van der Waals surface area contributed by atoms with Gasteiger partial charge in [0.1, 0.15) is 0 Å². The molecule has 1 fully saturated rings. The summed E-state index contributed by atoms with van der Waals surface area (Å²) in [6.45, 7) is 2.88. The number of H-pyrrole nitrogens is 1. The molecule has 3 N–H and O–H groups in total. The molecule has 2 heteroatoms. The first-order valence-corrected chi connectivity index (χ1v) is 6.11. The van der Waals surface area contributed by atoms with Gasteiger partial charge in [-0.15, -0.1) is 0 Å². The second-order valence-electron chi connectivity index (χ2n) is 4.88. The van der Waals surface area contributed by atoms with E-state index in [4.69, 9.17) is 5.73 Å². The van der Waals surface area contributed by atoms with Crippen molar-refractivity contribution in [1.82, 2.24) is 4.98 Å². The number of nitrogens with two attached hydrogens (primary N) is 1. The Morgan fingerprint density at radius 3 is 2.88 bits per heavy atom. The third kappa shape index (κ3) is 1.54. The lowest BCUT2D eigenvalue weighted by molar-refractivity contribution is 0.931. The molecular formula is C14H18N2. The van der Waals surface area contributed by atoms with Gasteiger partial charge in [0.05, 0.1) is 0 Å². The van der Waals surface area contributed by atoms with E-state index in [1.54, 1.807) is 0 Å². The maximum atomic E-state index is 5.72. The summed E-state index contributed by atoms with van der Waals surface area (Å²) in [6.07, 6.45) is 3.67. The molecule has 1 aliphatic rings. The van der Waals surface area contributed by atoms with Crippen molar-refractivity contribution in [2.24, 2.45) is 5.73 Å². The highest BCUT2D eigenvalue weighted by Crippen LogP contribution is 2.43. The van der Waals surface area contributed by atoms with Crippen LogP contribution in [0.15, 0.2) is 18.2 Å². The average molecular weight is 214 g/mol. The molecule has 1 aliphatic carbocycles. The predicted molar refractivity (Wildman–Crippen MR) is 67.8 cm³/mol. The summed E-state index contributed by atoms with van der Waals surface area (Å²) in [5, 5.41) is 1.37. The Balaban J connectivity index is 2.19. The van der Waals surface area contributed by atoms with Crippen LogP contribution in [0.1, 0.15) is 35.6 Å². The highest BCUT2D eigenvalue weighted by molar-refractivity contribution is 5.85. The van der Waals surface area contributed by atoms with Crippen LogP contribution in [0.25, 0.3) is 10.9 Å². The van der Waals surface area contributed by atoms with Gasteiger partial charge in [0.15, 0.2) is 0 Å². The summed E-state index contributed by atoms with van der Waals surface area (Å²) in [6, 6.07) is 6.66. The Kier molecular flexibility index (Phi) is 2.25. The second kappa shape index (κ2) is 3.63. The summed E-state index contributed by atoms with van der Waals surface area (Å²) in [5.74, 6) is 0.772. The van der Waals surface area contributed by atoms with E-state index in [1.165, 1.54) is 40.6 Å². The molecule has 1 aromatic heterocycles. The zero-order valence-electron chi connectivity index (χ0n) is 9.72. The molecule has 0 amide bonds. The summed E-state index contributed by atoms with van der Waals surface area (Å²) < 4.78 is 0. The molecule has 1 heterocycles. The van der Waals surface area contributed by atoms with Crippen molar-refractivity contribution < 1.29 is 0 Å². The zero-order valence-corrected chi connectivity index (χ0v) is 9.72. The highest BCUT2D eigenvalue weighted by atomic mass is 14.7. The standard InChI is InChI=1S/C14H18N2/c1-9-2-5-11-12(6-7-15)14(10-3-4-10)16-13(11)8-9/h2,5,8,10,16H,3-4,6-7,15H2,1H3. The Labute approximate surface area is 95.8 Å². The van der Waals surface area contributed by atoms with Gasteiger partial charge in [-0.3, -0.25) is 0 Å². The topological polar surface area (TPSA) is 41.8 Å². The van der Waals surface area contributed by atoms with Crippen molar-refractivity contribution >= 4 is 10.9 Å². The van der Waals surface area contributed by atoms with Crippen LogP contribution in [0, 0.1) is 6.92 Å². The Hall–Kier alpha value is -1.28. The lowest BCUT2D eigenvalue weighted by atomic mass is 10.0. The SMILES string of the molecule is Cc1ccc2c(CCN)c(C3CC3)[nH]c2c1. The maximum Gasteiger partial charge on any atom is 0.0461 e. The summed E-state index contributed by atoms with van der Waals surface area (Å²) in [4.78, 5) is 3.60. The van der Waals surface area contributed by atoms with Crippen molar-refractivity contribution in [3.63, 3.8) is 0 Å². The molecule has 0 atom stereocenters. The van der Waals surface area contributed by atoms with Crippen LogP contribution < -0.4 is 5.73 Å². The fourth-order valence-electron chi connectivity index (χ4n) is 2.52.